The average Bonchev–Trinajstić information content (AvgIpc) is 2.02. The van der Waals surface area contributed by atoms with Gasteiger partial charge in [0.05, 0.1) is 6.26 Å². The maximum atomic E-state index is 10.8. The third-order valence-corrected chi connectivity index (χ3v) is 2.33. The van der Waals surface area contributed by atoms with Crippen molar-refractivity contribution in [2.45, 2.75) is 6.54 Å². The molecule has 0 aromatic heterocycles. The highest BCUT2D eigenvalue weighted by Gasteiger charge is 1.99. The van der Waals surface area contributed by atoms with Gasteiger partial charge < -0.3 is 0 Å². The summed E-state index contributed by atoms with van der Waals surface area (Å²) in [7, 11) is -1.09. The summed E-state index contributed by atoms with van der Waals surface area (Å²) >= 11 is 0. The first-order chi connectivity index (χ1) is 5.97. The number of sulfonamides is 1. The van der Waals surface area contributed by atoms with Gasteiger partial charge in [0, 0.05) is 6.54 Å². The van der Waals surface area contributed by atoms with Gasteiger partial charge in [0.25, 0.3) is 0 Å². The van der Waals surface area contributed by atoms with E-state index in [0.717, 1.165) is 11.8 Å². The van der Waals surface area contributed by atoms with Crippen LogP contribution in [0.4, 0.5) is 0 Å². The predicted molar refractivity (Wildman–Crippen MR) is 56.3 cm³/mol. The normalized spacial score (nSPS) is 11.5. The third kappa shape index (κ3) is 4.10. The summed E-state index contributed by atoms with van der Waals surface area (Å²) in [5.74, 6) is 0. The first-order valence-electron chi connectivity index (χ1n) is 3.97. The first-order valence-corrected chi connectivity index (χ1v) is 5.87. The lowest BCUT2D eigenvalue weighted by molar-refractivity contribution is 0.587. The Kier molecular flexibility index (Phi) is 3.11. The van der Waals surface area contributed by atoms with Crippen LogP contribution in [-0.4, -0.2) is 22.5 Å². The van der Waals surface area contributed by atoms with Crippen LogP contribution >= 0.6 is 0 Å². The molecule has 0 spiro atoms. The van der Waals surface area contributed by atoms with Gasteiger partial charge in [-0.15, -0.1) is 0 Å². The van der Waals surface area contributed by atoms with E-state index in [9.17, 15) is 8.42 Å². The summed E-state index contributed by atoms with van der Waals surface area (Å²) in [6.07, 6.45) is 1.15. The standard InChI is InChI=1S/C8H12BNO2S/c1-13(11,12)10-6-7-2-4-8(9)5-3-7/h2-5,10H,6,9H2,1H3. The smallest absolute Gasteiger partial charge is 0.209 e. The lowest BCUT2D eigenvalue weighted by atomic mass is 9.95. The van der Waals surface area contributed by atoms with Crippen LogP contribution in [-0.2, 0) is 16.6 Å². The second-order valence-corrected chi connectivity index (χ2v) is 4.91. The molecule has 0 atom stereocenters. The Hall–Kier alpha value is -0.805. The molecular weight excluding hydrogens is 185 g/mol. The number of hydrogen-bond donors (Lipinski definition) is 1. The average molecular weight is 197 g/mol. The lowest BCUT2D eigenvalue weighted by Crippen LogP contribution is -2.21. The van der Waals surface area contributed by atoms with Crippen LogP contribution in [0.2, 0.25) is 0 Å². The Morgan fingerprint density at radius 1 is 1.31 bits per heavy atom. The molecule has 0 saturated carbocycles. The van der Waals surface area contributed by atoms with E-state index in [1.807, 2.05) is 32.1 Å². The lowest BCUT2D eigenvalue weighted by Gasteiger charge is -2.02. The van der Waals surface area contributed by atoms with Crippen molar-refractivity contribution in [2.75, 3.05) is 6.26 Å². The molecule has 0 unspecified atom stereocenters. The topological polar surface area (TPSA) is 46.2 Å². The minimum atomic E-state index is -3.08. The van der Waals surface area contributed by atoms with Crippen LogP contribution in [0.25, 0.3) is 0 Å². The minimum absolute atomic E-state index is 0.360. The van der Waals surface area contributed by atoms with Gasteiger partial charge in [-0.3, -0.25) is 0 Å². The molecule has 13 heavy (non-hydrogen) atoms. The number of hydrogen-bond acceptors (Lipinski definition) is 2. The monoisotopic (exact) mass is 197 g/mol. The van der Waals surface area contributed by atoms with Crippen molar-refractivity contribution in [1.29, 1.82) is 0 Å². The molecular formula is C8H12BNO2S. The molecule has 1 N–H and O–H groups in total. The Balaban J connectivity index is 2.61. The fourth-order valence-electron chi connectivity index (χ4n) is 0.920. The number of nitrogens with one attached hydrogen (secondary N) is 1. The van der Waals surface area contributed by atoms with E-state index in [4.69, 9.17) is 0 Å². The molecule has 0 saturated heterocycles. The van der Waals surface area contributed by atoms with Gasteiger partial charge in [0.15, 0.2) is 0 Å². The summed E-state index contributed by atoms with van der Waals surface area (Å²) in [6, 6.07) is 7.74. The molecule has 0 amide bonds. The fourth-order valence-corrected chi connectivity index (χ4v) is 1.35. The first kappa shape index (κ1) is 10.3. The van der Waals surface area contributed by atoms with E-state index in [0.29, 0.717) is 6.54 Å². The largest absolute Gasteiger partial charge is 0.213 e. The molecule has 0 bridgehead atoms. The van der Waals surface area contributed by atoms with Crippen LogP contribution in [0.1, 0.15) is 5.56 Å². The molecule has 1 aromatic rings. The number of rotatable bonds is 3. The highest BCUT2D eigenvalue weighted by atomic mass is 32.2. The molecule has 0 radical (unpaired) electrons. The zero-order valence-corrected chi connectivity index (χ0v) is 8.56. The van der Waals surface area contributed by atoms with E-state index in [1.165, 1.54) is 5.46 Å². The Labute approximate surface area is 79.6 Å². The van der Waals surface area contributed by atoms with Crippen LogP contribution in [0.3, 0.4) is 0 Å². The summed E-state index contributed by atoms with van der Waals surface area (Å²) in [6.45, 7) is 0.360. The Morgan fingerprint density at radius 3 is 2.31 bits per heavy atom. The Bertz CT molecular complexity index is 372. The highest BCUT2D eigenvalue weighted by Crippen LogP contribution is 1.95. The van der Waals surface area contributed by atoms with E-state index >= 15 is 0 Å². The van der Waals surface area contributed by atoms with E-state index in [1.54, 1.807) is 0 Å². The van der Waals surface area contributed by atoms with Crippen LogP contribution in [0.15, 0.2) is 24.3 Å². The molecule has 5 heteroatoms. The summed E-state index contributed by atoms with van der Waals surface area (Å²) < 4.78 is 24.0. The van der Waals surface area contributed by atoms with Crippen molar-refractivity contribution >= 4 is 23.3 Å². The molecule has 3 nitrogen and oxygen atoms in total. The molecule has 0 heterocycles. The SMILES string of the molecule is Bc1ccc(CNS(C)(=O)=O)cc1. The van der Waals surface area contributed by atoms with Crippen molar-refractivity contribution in [3.8, 4) is 0 Å². The van der Waals surface area contributed by atoms with Gasteiger partial charge in [-0.1, -0.05) is 29.7 Å². The second-order valence-electron chi connectivity index (χ2n) is 3.08. The maximum absolute atomic E-state index is 10.8. The van der Waals surface area contributed by atoms with Crippen LogP contribution in [0, 0.1) is 0 Å². The fraction of sp³-hybridized carbons (Fsp3) is 0.250. The molecule has 0 aliphatic heterocycles. The van der Waals surface area contributed by atoms with Gasteiger partial charge in [0.2, 0.25) is 10.0 Å². The van der Waals surface area contributed by atoms with Crippen molar-refractivity contribution in [3.05, 3.63) is 29.8 Å². The Morgan fingerprint density at radius 2 is 1.85 bits per heavy atom. The van der Waals surface area contributed by atoms with Gasteiger partial charge >= 0.3 is 0 Å². The second kappa shape index (κ2) is 3.94. The quantitative estimate of drug-likeness (QED) is 0.631. The molecule has 1 rings (SSSR count). The van der Waals surface area contributed by atoms with Crippen molar-refractivity contribution in [3.63, 3.8) is 0 Å². The van der Waals surface area contributed by atoms with E-state index < -0.39 is 10.0 Å². The van der Waals surface area contributed by atoms with Crippen LogP contribution < -0.4 is 10.2 Å². The van der Waals surface area contributed by atoms with Gasteiger partial charge in [-0.25, -0.2) is 13.1 Å². The van der Waals surface area contributed by atoms with E-state index in [-0.39, 0.29) is 0 Å². The summed E-state index contributed by atoms with van der Waals surface area (Å²) in [5.41, 5.74) is 2.14. The minimum Gasteiger partial charge on any atom is -0.213 e. The molecule has 0 aliphatic rings. The zero-order chi connectivity index (χ0) is 9.90. The molecule has 70 valence electrons. The van der Waals surface area contributed by atoms with Gasteiger partial charge in [0.1, 0.15) is 7.85 Å². The number of benzene rings is 1. The zero-order valence-electron chi connectivity index (χ0n) is 7.74. The predicted octanol–water partition coefficient (Wildman–Crippen LogP) is -1.01. The third-order valence-electron chi connectivity index (χ3n) is 1.66. The van der Waals surface area contributed by atoms with Gasteiger partial charge in [-0.05, 0) is 5.56 Å². The van der Waals surface area contributed by atoms with E-state index in [2.05, 4.69) is 4.72 Å². The summed E-state index contributed by atoms with van der Waals surface area (Å²) in [4.78, 5) is 0. The van der Waals surface area contributed by atoms with Crippen molar-refractivity contribution < 1.29 is 8.42 Å². The maximum Gasteiger partial charge on any atom is 0.209 e. The van der Waals surface area contributed by atoms with Gasteiger partial charge in [-0.2, -0.15) is 0 Å². The molecule has 1 aromatic carbocycles. The van der Waals surface area contributed by atoms with Crippen molar-refractivity contribution in [1.82, 2.24) is 4.72 Å². The summed E-state index contributed by atoms with van der Waals surface area (Å²) in [5, 5.41) is 0. The molecule has 0 fully saturated rings. The highest BCUT2D eigenvalue weighted by molar-refractivity contribution is 7.88. The molecule has 0 aliphatic carbocycles. The van der Waals surface area contributed by atoms with Crippen molar-refractivity contribution in [2.24, 2.45) is 0 Å². The van der Waals surface area contributed by atoms with Crippen LogP contribution in [0.5, 0.6) is 0 Å².